The minimum absolute atomic E-state index is 0.00906. The Morgan fingerprint density at radius 1 is 1.33 bits per heavy atom. The summed E-state index contributed by atoms with van der Waals surface area (Å²) in [6.07, 6.45) is 1.35. The molecule has 0 saturated carbocycles. The summed E-state index contributed by atoms with van der Waals surface area (Å²) in [6, 6.07) is 4.61. The number of hydrazine groups is 1. The van der Waals surface area contributed by atoms with Gasteiger partial charge in [0, 0.05) is 6.07 Å². The van der Waals surface area contributed by atoms with E-state index in [1.165, 1.54) is 12.3 Å². The molecule has 0 radical (unpaired) electrons. The Balaban J connectivity index is 1.68. The van der Waals surface area contributed by atoms with Gasteiger partial charge in [-0.1, -0.05) is 5.16 Å². The number of nitrogens with one attached hydrogen (secondary N) is 3. The normalized spacial score (nSPS) is 11.6. The molecule has 0 aliphatic heterocycles. The highest BCUT2D eigenvalue weighted by Crippen LogP contribution is 2.14. The predicted molar refractivity (Wildman–Crippen MR) is 86.1 cm³/mol. The minimum atomic E-state index is -0.564. The SMILES string of the molecule is Cc1cc(NC(=O)[C@@H](C)SCC(=O)NNC(=O)c2ccco2)no1. The summed E-state index contributed by atoms with van der Waals surface area (Å²) in [5.74, 6) is -0.343. The van der Waals surface area contributed by atoms with E-state index in [4.69, 9.17) is 8.94 Å². The second-order valence-electron chi connectivity index (χ2n) is 4.74. The van der Waals surface area contributed by atoms with Crippen molar-refractivity contribution in [2.45, 2.75) is 19.1 Å². The van der Waals surface area contributed by atoms with Gasteiger partial charge in [-0.05, 0) is 26.0 Å². The van der Waals surface area contributed by atoms with Crippen molar-refractivity contribution in [2.75, 3.05) is 11.1 Å². The van der Waals surface area contributed by atoms with Crippen molar-refractivity contribution in [3.8, 4) is 0 Å². The van der Waals surface area contributed by atoms with E-state index >= 15 is 0 Å². The molecule has 0 bridgehead atoms. The Morgan fingerprint density at radius 2 is 2.12 bits per heavy atom. The first kappa shape index (κ1) is 17.6. The van der Waals surface area contributed by atoms with Crippen molar-refractivity contribution < 1.29 is 23.3 Å². The van der Waals surface area contributed by atoms with Crippen LogP contribution in [0.2, 0.25) is 0 Å². The number of anilines is 1. The largest absolute Gasteiger partial charge is 0.459 e. The molecule has 3 amide bonds. The van der Waals surface area contributed by atoms with Gasteiger partial charge in [0.05, 0.1) is 17.3 Å². The van der Waals surface area contributed by atoms with Crippen molar-refractivity contribution in [1.29, 1.82) is 0 Å². The highest BCUT2D eigenvalue weighted by molar-refractivity contribution is 8.01. The Morgan fingerprint density at radius 3 is 2.75 bits per heavy atom. The maximum atomic E-state index is 11.9. The number of aryl methyl sites for hydroxylation is 1. The fourth-order valence-electron chi connectivity index (χ4n) is 1.56. The molecule has 3 N–H and O–H groups in total. The van der Waals surface area contributed by atoms with Crippen LogP contribution in [0.1, 0.15) is 23.2 Å². The number of thioether (sulfide) groups is 1. The fraction of sp³-hybridized carbons (Fsp3) is 0.286. The van der Waals surface area contributed by atoms with Gasteiger partial charge in [0.2, 0.25) is 11.8 Å². The molecule has 0 aliphatic rings. The van der Waals surface area contributed by atoms with E-state index in [9.17, 15) is 14.4 Å². The molecule has 1 atom stereocenters. The van der Waals surface area contributed by atoms with Crippen molar-refractivity contribution in [1.82, 2.24) is 16.0 Å². The average molecular weight is 352 g/mol. The zero-order valence-electron chi connectivity index (χ0n) is 13.0. The zero-order valence-corrected chi connectivity index (χ0v) is 13.8. The van der Waals surface area contributed by atoms with E-state index in [-0.39, 0.29) is 17.4 Å². The molecule has 24 heavy (non-hydrogen) atoms. The van der Waals surface area contributed by atoms with Gasteiger partial charge in [-0.25, -0.2) is 0 Å². The van der Waals surface area contributed by atoms with Gasteiger partial charge in [-0.15, -0.1) is 11.8 Å². The van der Waals surface area contributed by atoms with Gasteiger partial charge in [-0.3, -0.25) is 25.2 Å². The second-order valence-corrected chi connectivity index (χ2v) is 6.07. The third-order valence-electron chi connectivity index (χ3n) is 2.77. The summed E-state index contributed by atoms with van der Waals surface area (Å²) >= 11 is 1.11. The summed E-state index contributed by atoms with van der Waals surface area (Å²) in [5, 5.41) is 5.74. The first-order valence-electron chi connectivity index (χ1n) is 6.94. The Labute approximate surface area is 141 Å². The zero-order chi connectivity index (χ0) is 17.5. The van der Waals surface area contributed by atoms with Gasteiger partial charge < -0.3 is 14.3 Å². The van der Waals surface area contributed by atoms with Crippen LogP contribution in [0.25, 0.3) is 0 Å². The molecular formula is C14H16N4O5S. The number of rotatable bonds is 6. The van der Waals surface area contributed by atoms with E-state index in [2.05, 4.69) is 21.3 Å². The summed E-state index contributed by atoms with van der Waals surface area (Å²) in [5.41, 5.74) is 4.45. The van der Waals surface area contributed by atoms with Crippen LogP contribution in [0.5, 0.6) is 0 Å². The molecule has 0 fully saturated rings. The third-order valence-corrected chi connectivity index (χ3v) is 3.92. The lowest BCUT2D eigenvalue weighted by Crippen LogP contribution is -2.42. The molecule has 0 spiro atoms. The maximum Gasteiger partial charge on any atom is 0.305 e. The van der Waals surface area contributed by atoms with Gasteiger partial charge in [0.15, 0.2) is 11.6 Å². The molecular weight excluding hydrogens is 336 g/mol. The molecule has 2 aromatic heterocycles. The van der Waals surface area contributed by atoms with Gasteiger partial charge >= 0.3 is 5.91 Å². The number of furan rings is 1. The summed E-state index contributed by atoms with van der Waals surface area (Å²) in [6.45, 7) is 3.36. The van der Waals surface area contributed by atoms with Crippen molar-refractivity contribution in [2.24, 2.45) is 0 Å². The molecule has 0 unspecified atom stereocenters. The molecule has 2 aromatic rings. The monoisotopic (exact) mass is 352 g/mol. The van der Waals surface area contributed by atoms with E-state index < -0.39 is 17.1 Å². The number of nitrogens with zero attached hydrogens (tertiary/aromatic N) is 1. The van der Waals surface area contributed by atoms with E-state index in [0.717, 1.165) is 11.8 Å². The van der Waals surface area contributed by atoms with Crippen LogP contribution in [0, 0.1) is 6.92 Å². The molecule has 0 saturated heterocycles. The number of carbonyl (C=O) groups excluding carboxylic acids is 3. The molecule has 9 nitrogen and oxygen atoms in total. The minimum Gasteiger partial charge on any atom is -0.459 e. The molecule has 128 valence electrons. The van der Waals surface area contributed by atoms with Crippen LogP contribution in [-0.4, -0.2) is 33.9 Å². The quantitative estimate of drug-likeness (QED) is 0.664. The second kappa shape index (κ2) is 8.20. The molecule has 2 rings (SSSR count). The average Bonchev–Trinajstić information content (AvgIpc) is 3.22. The summed E-state index contributed by atoms with van der Waals surface area (Å²) in [4.78, 5) is 35.2. The maximum absolute atomic E-state index is 11.9. The van der Waals surface area contributed by atoms with Crippen LogP contribution in [-0.2, 0) is 9.59 Å². The van der Waals surface area contributed by atoms with E-state index in [1.807, 2.05) is 0 Å². The van der Waals surface area contributed by atoms with E-state index in [0.29, 0.717) is 11.6 Å². The fourth-order valence-corrected chi connectivity index (χ4v) is 2.25. The smallest absolute Gasteiger partial charge is 0.305 e. The highest BCUT2D eigenvalue weighted by Gasteiger charge is 2.17. The molecule has 0 aromatic carbocycles. The number of amides is 3. The Kier molecular flexibility index (Phi) is 6.01. The lowest BCUT2D eigenvalue weighted by Gasteiger charge is -2.10. The molecule has 10 heteroatoms. The summed E-state index contributed by atoms with van der Waals surface area (Å²) in [7, 11) is 0. The standard InChI is InChI=1S/C14H16N4O5S/c1-8-6-11(18-23-8)15-13(20)9(2)24-7-12(19)16-17-14(21)10-4-3-5-22-10/h3-6,9H,7H2,1-2H3,(H,16,19)(H,17,21)(H,15,18,20)/t9-/m1/s1. The number of carbonyl (C=O) groups is 3. The number of hydrogen-bond acceptors (Lipinski definition) is 7. The first-order chi connectivity index (χ1) is 11.5. The van der Waals surface area contributed by atoms with E-state index in [1.54, 1.807) is 26.0 Å². The Hall–Kier alpha value is -2.75. The number of hydrogen-bond donors (Lipinski definition) is 3. The van der Waals surface area contributed by atoms with Crippen LogP contribution in [0.15, 0.2) is 33.4 Å². The highest BCUT2D eigenvalue weighted by atomic mass is 32.2. The predicted octanol–water partition coefficient (Wildman–Crippen LogP) is 1.10. The summed E-state index contributed by atoms with van der Waals surface area (Å²) < 4.78 is 9.73. The van der Waals surface area contributed by atoms with Gasteiger partial charge in [-0.2, -0.15) is 0 Å². The number of aromatic nitrogens is 1. The van der Waals surface area contributed by atoms with Gasteiger partial charge in [0.25, 0.3) is 0 Å². The Bertz CT molecular complexity index is 713. The first-order valence-corrected chi connectivity index (χ1v) is 7.99. The van der Waals surface area contributed by atoms with Crippen LogP contribution in [0.3, 0.4) is 0 Å². The third kappa shape index (κ3) is 5.16. The molecule has 2 heterocycles. The van der Waals surface area contributed by atoms with Crippen LogP contribution < -0.4 is 16.2 Å². The van der Waals surface area contributed by atoms with Crippen LogP contribution >= 0.6 is 11.8 Å². The van der Waals surface area contributed by atoms with Crippen LogP contribution in [0.4, 0.5) is 5.82 Å². The lowest BCUT2D eigenvalue weighted by molar-refractivity contribution is -0.119. The van der Waals surface area contributed by atoms with Gasteiger partial charge in [0.1, 0.15) is 5.76 Å². The lowest BCUT2D eigenvalue weighted by atomic mass is 10.4. The van der Waals surface area contributed by atoms with Crippen molar-refractivity contribution >= 4 is 35.3 Å². The molecule has 0 aliphatic carbocycles. The topological polar surface area (TPSA) is 126 Å². The van der Waals surface area contributed by atoms with Crippen molar-refractivity contribution in [3.05, 3.63) is 36.0 Å². The van der Waals surface area contributed by atoms with Crippen molar-refractivity contribution in [3.63, 3.8) is 0 Å².